The Hall–Kier alpha value is -1.36. The van der Waals surface area contributed by atoms with Crippen molar-refractivity contribution >= 4 is 5.97 Å². The first-order valence-electron chi connectivity index (χ1n) is 6.40. The summed E-state index contributed by atoms with van der Waals surface area (Å²) < 4.78 is 6.98. The predicted molar refractivity (Wildman–Crippen MR) is 70.3 cm³/mol. The van der Waals surface area contributed by atoms with Gasteiger partial charge < -0.3 is 9.30 Å². The van der Waals surface area contributed by atoms with Crippen molar-refractivity contribution in [3.63, 3.8) is 0 Å². The molecule has 0 spiro atoms. The van der Waals surface area contributed by atoms with Crippen molar-refractivity contribution in [2.24, 2.45) is 7.05 Å². The smallest absolute Gasteiger partial charge is 0.320 e. The van der Waals surface area contributed by atoms with E-state index in [2.05, 4.69) is 23.7 Å². The molecule has 1 rings (SSSR count). The van der Waals surface area contributed by atoms with Crippen LogP contribution in [0, 0.1) is 0 Å². The fourth-order valence-electron chi connectivity index (χ4n) is 1.77. The fraction of sp³-hybridized carbons (Fsp3) is 0.692. The van der Waals surface area contributed by atoms with Crippen LogP contribution < -0.4 is 0 Å². The molecule has 0 saturated heterocycles. The lowest BCUT2D eigenvalue weighted by Crippen LogP contribution is -2.38. The molecule has 0 bridgehead atoms. The maximum Gasteiger partial charge on any atom is 0.320 e. The third-order valence-corrected chi connectivity index (χ3v) is 2.91. The molecule has 0 saturated carbocycles. The molecule has 0 aromatic carbocycles. The van der Waals surface area contributed by atoms with E-state index in [1.54, 1.807) is 6.20 Å². The highest BCUT2D eigenvalue weighted by molar-refractivity contribution is 5.71. The summed E-state index contributed by atoms with van der Waals surface area (Å²) >= 11 is 0. The van der Waals surface area contributed by atoms with Gasteiger partial charge in [0.15, 0.2) is 0 Å². The fourth-order valence-corrected chi connectivity index (χ4v) is 1.77. The molecule has 1 aromatic rings. The standard InChI is InChI=1S/C13H23N3O2/c1-5-18-13(17)10-16(11(2)3)8-6-12-14-7-9-15(12)4/h7,9,11H,5-6,8,10H2,1-4H3. The van der Waals surface area contributed by atoms with Crippen LogP contribution in [0.5, 0.6) is 0 Å². The molecule has 0 aliphatic heterocycles. The quantitative estimate of drug-likeness (QED) is 0.686. The lowest BCUT2D eigenvalue weighted by atomic mass is 10.2. The van der Waals surface area contributed by atoms with E-state index in [0.29, 0.717) is 19.2 Å². The minimum absolute atomic E-state index is 0.161. The third-order valence-electron chi connectivity index (χ3n) is 2.91. The summed E-state index contributed by atoms with van der Waals surface area (Å²) in [5.74, 6) is 0.871. The third kappa shape index (κ3) is 4.49. The zero-order chi connectivity index (χ0) is 13.5. The number of ether oxygens (including phenoxy) is 1. The Morgan fingerprint density at radius 2 is 2.28 bits per heavy atom. The maximum atomic E-state index is 11.5. The molecule has 5 heteroatoms. The van der Waals surface area contributed by atoms with E-state index < -0.39 is 0 Å². The SMILES string of the molecule is CCOC(=O)CN(CCc1nccn1C)C(C)C. The van der Waals surface area contributed by atoms with E-state index in [-0.39, 0.29) is 5.97 Å². The van der Waals surface area contributed by atoms with Gasteiger partial charge in [0.1, 0.15) is 5.82 Å². The van der Waals surface area contributed by atoms with Crippen molar-refractivity contribution in [3.8, 4) is 0 Å². The van der Waals surface area contributed by atoms with Crippen LogP contribution in [0.2, 0.25) is 0 Å². The Labute approximate surface area is 109 Å². The molecule has 1 heterocycles. The Balaban J connectivity index is 2.48. The number of hydrogen-bond acceptors (Lipinski definition) is 4. The molecule has 102 valence electrons. The van der Waals surface area contributed by atoms with Crippen molar-refractivity contribution in [3.05, 3.63) is 18.2 Å². The van der Waals surface area contributed by atoms with Gasteiger partial charge in [-0.1, -0.05) is 0 Å². The van der Waals surface area contributed by atoms with E-state index >= 15 is 0 Å². The van der Waals surface area contributed by atoms with Gasteiger partial charge in [0, 0.05) is 38.4 Å². The molecule has 0 N–H and O–H groups in total. The van der Waals surface area contributed by atoms with Gasteiger partial charge in [-0.2, -0.15) is 0 Å². The molecule has 0 aliphatic rings. The molecular weight excluding hydrogens is 230 g/mol. The second kappa shape index (κ2) is 7.16. The second-order valence-electron chi connectivity index (χ2n) is 4.57. The van der Waals surface area contributed by atoms with Crippen LogP contribution in [0.1, 0.15) is 26.6 Å². The lowest BCUT2D eigenvalue weighted by molar-refractivity contribution is -0.144. The summed E-state index contributed by atoms with van der Waals surface area (Å²) in [6.45, 7) is 7.57. The van der Waals surface area contributed by atoms with Gasteiger partial charge in [-0.3, -0.25) is 9.69 Å². The molecule has 0 amide bonds. The van der Waals surface area contributed by atoms with Crippen LogP contribution >= 0.6 is 0 Å². The van der Waals surface area contributed by atoms with Crippen molar-refractivity contribution in [2.75, 3.05) is 19.7 Å². The van der Waals surface area contributed by atoms with Crippen LogP contribution in [-0.4, -0.2) is 46.2 Å². The number of nitrogens with zero attached hydrogens (tertiary/aromatic N) is 3. The summed E-state index contributed by atoms with van der Waals surface area (Å²) in [7, 11) is 1.98. The molecule has 5 nitrogen and oxygen atoms in total. The number of carbonyl (C=O) groups is 1. The number of hydrogen-bond donors (Lipinski definition) is 0. The van der Waals surface area contributed by atoms with Crippen LogP contribution in [0.25, 0.3) is 0 Å². The Kier molecular flexibility index (Phi) is 5.85. The summed E-state index contributed by atoms with van der Waals surface area (Å²) in [5.41, 5.74) is 0. The predicted octanol–water partition coefficient (Wildman–Crippen LogP) is 1.24. The van der Waals surface area contributed by atoms with Gasteiger partial charge in [0.05, 0.1) is 13.2 Å². The van der Waals surface area contributed by atoms with Gasteiger partial charge in [-0.15, -0.1) is 0 Å². The Morgan fingerprint density at radius 1 is 1.56 bits per heavy atom. The van der Waals surface area contributed by atoms with E-state index in [1.165, 1.54) is 0 Å². The number of imidazole rings is 1. The number of aromatic nitrogens is 2. The minimum Gasteiger partial charge on any atom is -0.465 e. The van der Waals surface area contributed by atoms with E-state index in [4.69, 9.17) is 4.74 Å². The van der Waals surface area contributed by atoms with Crippen molar-refractivity contribution in [1.82, 2.24) is 14.5 Å². The number of esters is 1. The Bertz CT molecular complexity index is 374. The van der Waals surface area contributed by atoms with Crippen LogP contribution in [-0.2, 0) is 23.0 Å². The van der Waals surface area contributed by atoms with Crippen molar-refractivity contribution < 1.29 is 9.53 Å². The van der Waals surface area contributed by atoms with Gasteiger partial charge in [0.25, 0.3) is 0 Å². The average Bonchev–Trinajstić information content (AvgIpc) is 2.70. The molecule has 0 radical (unpaired) electrons. The van der Waals surface area contributed by atoms with Gasteiger partial charge in [0.2, 0.25) is 0 Å². The molecule has 0 atom stereocenters. The summed E-state index contributed by atoms with van der Waals surface area (Å²) in [4.78, 5) is 17.9. The van der Waals surface area contributed by atoms with Gasteiger partial charge in [-0.05, 0) is 20.8 Å². The Morgan fingerprint density at radius 3 is 2.78 bits per heavy atom. The molecule has 0 aliphatic carbocycles. The van der Waals surface area contributed by atoms with Crippen LogP contribution in [0.4, 0.5) is 0 Å². The lowest BCUT2D eigenvalue weighted by Gasteiger charge is -2.25. The minimum atomic E-state index is -0.161. The zero-order valence-electron chi connectivity index (χ0n) is 11.7. The maximum absolute atomic E-state index is 11.5. The topological polar surface area (TPSA) is 47.4 Å². The highest BCUT2D eigenvalue weighted by Crippen LogP contribution is 2.03. The summed E-state index contributed by atoms with van der Waals surface area (Å²) in [5, 5.41) is 0. The van der Waals surface area contributed by atoms with Gasteiger partial charge >= 0.3 is 5.97 Å². The largest absolute Gasteiger partial charge is 0.465 e. The van der Waals surface area contributed by atoms with Crippen LogP contribution in [0.15, 0.2) is 12.4 Å². The van der Waals surface area contributed by atoms with Crippen molar-refractivity contribution in [1.29, 1.82) is 0 Å². The van der Waals surface area contributed by atoms with E-state index in [9.17, 15) is 4.79 Å². The monoisotopic (exact) mass is 253 g/mol. The number of carbonyl (C=O) groups excluding carboxylic acids is 1. The first kappa shape index (κ1) is 14.7. The summed E-state index contributed by atoms with van der Waals surface area (Å²) in [6, 6.07) is 0.315. The van der Waals surface area contributed by atoms with Gasteiger partial charge in [-0.25, -0.2) is 4.98 Å². The first-order chi connectivity index (χ1) is 8.54. The number of aryl methyl sites for hydroxylation is 1. The highest BCUT2D eigenvalue weighted by atomic mass is 16.5. The van der Waals surface area contributed by atoms with Crippen LogP contribution in [0.3, 0.4) is 0 Å². The second-order valence-corrected chi connectivity index (χ2v) is 4.57. The van der Waals surface area contributed by atoms with E-state index in [1.807, 2.05) is 24.7 Å². The van der Waals surface area contributed by atoms with E-state index in [0.717, 1.165) is 18.8 Å². The molecule has 0 unspecified atom stereocenters. The first-order valence-corrected chi connectivity index (χ1v) is 6.40. The van der Waals surface area contributed by atoms with Crippen molar-refractivity contribution in [2.45, 2.75) is 33.2 Å². The zero-order valence-corrected chi connectivity index (χ0v) is 11.7. The number of rotatable bonds is 7. The average molecular weight is 253 g/mol. The molecule has 18 heavy (non-hydrogen) atoms. The molecular formula is C13H23N3O2. The normalized spacial score (nSPS) is 11.2. The highest BCUT2D eigenvalue weighted by Gasteiger charge is 2.15. The molecule has 1 aromatic heterocycles. The molecule has 0 fully saturated rings. The summed E-state index contributed by atoms with van der Waals surface area (Å²) in [6.07, 6.45) is 4.56.